The van der Waals surface area contributed by atoms with Gasteiger partial charge >= 0.3 is 0 Å². The molecule has 0 amide bonds. The fourth-order valence-electron chi connectivity index (χ4n) is 1.33. The number of allylic oxidation sites excluding steroid dienone is 1. The standard InChI is InChI=1S/C11H10F3I/c1-3-4-5-7-6(2)8(12)10(14)11(15)9(7)13/h3H,1,4-5H2,2H3. The second kappa shape index (κ2) is 5.01. The fraction of sp³-hybridized carbons (Fsp3) is 0.273. The SMILES string of the molecule is C=CCCc1c(C)c(F)c(F)c(I)c1F. The van der Waals surface area contributed by atoms with Crippen molar-refractivity contribution in [1.82, 2.24) is 0 Å². The van der Waals surface area contributed by atoms with Crippen LogP contribution in [0.4, 0.5) is 13.2 Å². The minimum absolute atomic E-state index is 0.0484. The van der Waals surface area contributed by atoms with Crippen molar-refractivity contribution in [2.75, 3.05) is 0 Å². The zero-order valence-electron chi connectivity index (χ0n) is 8.21. The highest BCUT2D eigenvalue weighted by molar-refractivity contribution is 14.1. The van der Waals surface area contributed by atoms with E-state index in [1.807, 2.05) is 0 Å². The zero-order chi connectivity index (χ0) is 11.6. The van der Waals surface area contributed by atoms with Crippen LogP contribution in [0.1, 0.15) is 17.5 Å². The Labute approximate surface area is 100 Å². The number of rotatable bonds is 3. The summed E-state index contributed by atoms with van der Waals surface area (Å²) in [6.07, 6.45) is 2.50. The van der Waals surface area contributed by atoms with E-state index in [4.69, 9.17) is 0 Å². The van der Waals surface area contributed by atoms with Gasteiger partial charge in [-0.3, -0.25) is 0 Å². The third kappa shape index (κ3) is 2.35. The number of hydrogen-bond donors (Lipinski definition) is 0. The molecule has 0 bridgehead atoms. The van der Waals surface area contributed by atoms with E-state index in [1.54, 1.807) is 6.08 Å². The molecule has 4 heteroatoms. The van der Waals surface area contributed by atoms with Crippen molar-refractivity contribution in [3.05, 3.63) is 44.8 Å². The summed E-state index contributed by atoms with van der Waals surface area (Å²) in [6, 6.07) is 0. The van der Waals surface area contributed by atoms with Gasteiger partial charge in [0, 0.05) is 0 Å². The lowest BCUT2D eigenvalue weighted by Crippen LogP contribution is -2.05. The lowest BCUT2D eigenvalue weighted by atomic mass is 10.0. The average molecular weight is 326 g/mol. The second-order valence-electron chi connectivity index (χ2n) is 3.19. The molecule has 0 radical (unpaired) electrons. The molecule has 0 unspecified atom stereocenters. The summed E-state index contributed by atoms with van der Waals surface area (Å²) in [7, 11) is 0. The maximum absolute atomic E-state index is 13.6. The summed E-state index contributed by atoms with van der Waals surface area (Å²) < 4.78 is 39.7. The van der Waals surface area contributed by atoms with Gasteiger partial charge in [0.05, 0.1) is 3.57 Å². The average Bonchev–Trinajstić information content (AvgIpc) is 2.24. The first-order chi connectivity index (χ1) is 7.00. The minimum atomic E-state index is -1.10. The largest absolute Gasteiger partial charge is 0.205 e. The van der Waals surface area contributed by atoms with Crippen molar-refractivity contribution < 1.29 is 13.2 Å². The Hall–Kier alpha value is -0.520. The third-order valence-electron chi connectivity index (χ3n) is 2.22. The van der Waals surface area contributed by atoms with Crippen molar-refractivity contribution in [2.24, 2.45) is 0 Å². The highest BCUT2D eigenvalue weighted by Crippen LogP contribution is 2.26. The maximum atomic E-state index is 13.6. The summed E-state index contributed by atoms with van der Waals surface area (Å²) in [5, 5.41) is 0. The summed E-state index contributed by atoms with van der Waals surface area (Å²) in [5.74, 6) is -2.72. The molecule has 1 aromatic carbocycles. The molecule has 0 aliphatic heterocycles. The van der Waals surface area contributed by atoms with Gasteiger partial charge in [-0.2, -0.15) is 0 Å². The Bertz CT molecular complexity index is 370. The Kier molecular flexibility index (Phi) is 4.19. The van der Waals surface area contributed by atoms with Crippen molar-refractivity contribution in [1.29, 1.82) is 0 Å². The Balaban J connectivity index is 3.31. The van der Waals surface area contributed by atoms with E-state index in [2.05, 4.69) is 6.58 Å². The molecule has 0 atom stereocenters. The van der Waals surface area contributed by atoms with Gasteiger partial charge in [0.15, 0.2) is 11.6 Å². The molecular formula is C11H10F3I. The monoisotopic (exact) mass is 326 g/mol. The first kappa shape index (κ1) is 12.5. The molecule has 0 heterocycles. The summed E-state index contributed by atoms with van der Waals surface area (Å²) in [4.78, 5) is 0. The lowest BCUT2D eigenvalue weighted by molar-refractivity contribution is 0.475. The molecule has 82 valence electrons. The molecule has 1 aromatic rings. The van der Waals surface area contributed by atoms with Crippen LogP contribution in [0.2, 0.25) is 0 Å². The van der Waals surface area contributed by atoms with Crippen molar-refractivity contribution in [2.45, 2.75) is 19.8 Å². The molecule has 0 saturated heterocycles. The summed E-state index contributed by atoms with van der Waals surface area (Å²) in [5.41, 5.74) is 0.283. The third-order valence-corrected chi connectivity index (χ3v) is 3.17. The van der Waals surface area contributed by atoms with Crippen LogP contribution >= 0.6 is 22.6 Å². The Morgan fingerprint density at radius 1 is 1.20 bits per heavy atom. The molecule has 0 aliphatic rings. The maximum Gasteiger partial charge on any atom is 0.175 e. The molecule has 15 heavy (non-hydrogen) atoms. The van der Waals surface area contributed by atoms with E-state index < -0.39 is 17.5 Å². The van der Waals surface area contributed by atoms with E-state index in [-0.39, 0.29) is 14.7 Å². The number of benzene rings is 1. The molecule has 0 N–H and O–H groups in total. The highest BCUT2D eigenvalue weighted by atomic mass is 127. The lowest BCUT2D eigenvalue weighted by Gasteiger charge is -2.10. The Morgan fingerprint density at radius 3 is 2.33 bits per heavy atom. The zero-order valence-corrected chi connectivity index (χ0v) is 10.4. The topological polar surface area (TPSA) is 0 Å². The van der Waals surface area contributed by atoms with E-state index in [0.717, 1.165) is 0 Å². The van der Waals surface area contributed by atoms with Gasteiger partial charge < -0.3 is 0 Å². The first-order valence-electron chi connectivity index (χ1n) is 4.43. The molecule has 0 spiro atoms. The summed E-state index contributed by atoms with van der Waals surface area (Å²) in [6.45, 7) is 4.89. The van der Waals surface area contributed by atoms with E-state index in [1.165, 1.54) is 29.5 Å². The summed E-state index contributed by atoms with van der Waals surface area (Å²) >= 11 is 1.47. The van der Waals surface area contributed by atoms with Crippen LogP contribution in [0.15, 0.2) is 12.7 Å². The molecule has 0 saturated carbocycles. The second-order valence-corrected chi connectivity index (χ2v) is 4.27. The van der Waals surface area contributed by atoms with Gasteiger partial charge in [0.2, 0.25) is 0 Å². The molecule has 1 rings (SSSR count). The van der Waals surface area contributed by atoms with Gasteiger partial charge in [-0.05, 0) is 53.5 Å². The van der Waals surface area contributed by atoms with Crippen LogP contribution < -0.4 is 0 Å². The van der Waals surface area contributed by atoms with E-state index in [9.17, 15) is 13.2 Å². The minimum Gasteiger partial charge on any atom is -0.205 e. The van der Waals surface area contributed by atoms with Crippen molar-refractivity contribution in [3.8, 4) is 0 Å². The van der Waals surface area contributed by atoms with Crippen LogP contribution in [0.3, 0.4) is 0 Å². The molecule has 0 aliphatic carbocycles. The Morgan fingerprint density at radius 2 is 1.80 bits per heavy atom. The highest BCUT2D eigenvalue weighted by Gasteiger charge is 2.20. The molecule has 0 nitrogen and oxygen atoms in total. The van der Waals surface area contributed by atoms with Crippen LogP contribution in [0.5, 0.6) is 0 Å². The smallest absolute Gasteiger partial charge is 0.175 e. The van der Waals surface area contributed by atoms with Gasteiger partial charge in [0.1, 0.15) is 5.82 Å². The van der Waals surface area contributed by atoms with Crippen LogP contribution in [-0.2, 0) is 6.42 Å². The van der Waals surface area contributed by atoms with Crippen molar-refractivity contribution in [3.63, 3.8) is 0 Å². The molecule has 0 aromatic heterocycles. The first-order valence-corrected chi connectivity index (χ1v) is 5.50. The molecular weight excluding hydrogens is 316 g/mol. The van der Waals surface area contributed by atoms with Gasteiger partial charge in [-0.25, -0.2) is 13.2 Å². The van der Waals surface area contributed by atoms with E-state index in [0.29, 0.717) is 12.8 Å². The quantitative estimate of drug-likeness (QED) is 0.339. The number of halogens is 4. The van der Waals surface area contributed by atoms with Crippen LogP contribution in [0, 0.1) is 27.9 Å². The predicted octanol–water partition coefficient (Wildman–Crippen LogP) is 4.14. The predicted molar refractivity (Wildman–Crippen MR) is 62.3 cm³/mol. The van der Waals surface area contributed by atoms with Gasteiger partial charge in [-0.15, -0.1) is 6.58 Å². The van der Waals surface area contributed by atoms with Crippen LogP contribution in [0.25, 0.3) is 0 Å². The van der Waals surface area contributed by atoms with Gasteiger partial charge in [0.25, 0.3) is 0 Å². The van der Waals surface area contributed by atoms with Crippen molar-refractivity contribution >= 4 is 22.6 Å². The van der Waals surface area contributed by atoms with E-state index >= 15 is 0 Å². The number of hydrogen-bond acceptors (Lipinski definition) is 0. The molecule has 0 fully saturated rings. The fourth-order valence-corrected chi connectivity index (χ4v) is 1.89. The normalized spacial score (nSPS) is 10.5. The van der Waals surface area contributed by atoms with Crippen LogP contribution in [-0.4, -0.2) is 0 Å². The van der Waals surface area contributed by atoms with Gasteiger partial charge in [-0.1, -0.05) is 6.08 Å².